The Balaban J connectivity index is 1.69. The summed E-state index contributed by atoms with van der Waals surface area (Å²) in [6.07, 6.45) is 1.63. The third-order valence-electron chi connectivity index (χ3n) is 5.29. The van der Waals surface area contributed by atoms with Gasteiger partial charge in [0, 0.05) is 22.6 Å². The van der Waals surface area contributed by atoms with Gasteiger partial charge in [0.25, 0.3) is 0 Å². The second-order valence-electron chi connectivity index (χ2n) is 7.23. The highest BCUT2D eigenvalue weighted by atomic mass is 35.5. The Labute approximate surface area is 178 Å². The fraction of sp³-hybridized carbons (Fsp3) is 0.0833. The average molecular weight is 416 g/mol. The summed E-state index contributed by atoms with van der Waals surface area (Å²) in [6, 6.07) is 22.6. The molecule has 0 bridgehead atoms. The maximum Gasteiger partial charge on any atom is 0.228 e. The van der Waals surface area contributed by atoms with E-state index in [1.165, 1.54) is 0 Å². The van der Waals surface area contributed by atoms with Crippen LogP contribution in [0.3, 0.4) is 0 Å². The Hall–Kier alpha value is -3.57. The van der Waals surface area contributed by atoms with Gasteiger partial charge < -0.3 is 14.4 Å². The molecule has 3 aromatic carbocycles. The standard InChI is InChI=1S/C24H18ClN3O2/c25-17-8-6-16(7-9-17)21-19-11-10-18(29)12-20(19)30-24-22(21)23(26)28(14-27-24)13-15-4-2-1-3-5-15/h1-12,14,21,26,29H,13H2/t21-/m1/s1. The molecule has 2 heterocycles. The molecule has 0 unspecified atom stereocenters. The van der Waals surface area contributed by atoms with Crippen molar-refractivity contribution in [2.24, 2.45) is 0 Å². The van der Waals surface area contributed by atoms with Gasteiger partial charge in [0.1, 0.15) is 23.3 Å². The lowest BCUT2D eigenvalue weighted by atomic mass is 9.84. The number of aromatic hydroxyl groups is 1. The zero-order valence-electron chi connectivity index (χ0n) is 15.9. The highest BCUT2D eigenvalue weighted by molar-refractivity contribution is 6.30. The molecule has 0 saturated heterocycles. The summed E-state index contributed by atoms with van der Waals surface area (Å²) in [7, 11) is 0. The highest BCUT2D eigenvalue weighted by Crippen LogP contribution is 2.46. The first-order valence-electron chi connectivity index (χ1n) is 9.54. The predicted octanol–water partition coefficient (Wildman–Crippen LogP) is 5.06. The summed E-state index contributed by atoms with van der Waals surface area (Å²) in [4.78, 5) is 4.51. The number of fused-ring (bicyclic) bond motifs is 2. The molecule has 4 aromatic rings. The summed E-state index contributed by atoms with van der Waals surface area (Å²) in [5, 5.41) is 19.5. The molecule has 1 aromatic heterocycles. The van der Waals surface area contributed by atoms with Gasteiger partial charge in [-0.05, 0) is 29.3 Å². The van der Waals surface area contributed by atoms with E-state index in [0.29, 0.717) is 34.2 Å². The summed E-state index contributed by atoms with van der Waals surface area (Å²) in [6.45, 7) is 0.537. The third-order valence-corrected chi connectivity index (χ3v) is 5.54. The minimum atomic E-state index is -0.259. The van der Waals surface area contributed by atoms with Gasteiger partial charge in [-0.3, -0.25) is 5.41 Å². The SMILES string of the molecule is N=c1c2c(ncn1Cc1ccccc1)Oc1cc(O)ccc1[C@H]2c1ccc(Cl)cc1. The summed E-state index contributed by atoms with van der Waals surface area (Å²) in [5.74, 6) is 0.774. The van der Waals surface area contributed by atoms with E-state index in [4.69, 9.17) is 21.7 Å². The Morgan fingerprint density at radius 2 is 1.80 bits per heavy atom. The molecule has 1 aliphatic heterocycles. The number of phenolic OH excluding ortho intramolecular Hbond substituents is 1. The smallest absolute Gasteiger partial charge is 0.228 e. The Kier molecular flexibility index (Phi) is 4.52. The summed E-state index contributed by atoms with van der Waals surface area (Å²) < 4.78 is 7.80. The van der Waals surface area contributed by atoms with Crippen molar-refractivity contribution in [3.63, 3.8) is 0 Å². The number of halogens is 1. The molecule has 2 N–H and O–H groups in total. The normalized spacial score (nSPS) is 14.5. The fourth-order valence-corrected chi connectivity index (χ4v) is 3.98. The minimum absolute atomic E-state index is 0.119. The van der Waals surface area contributed by atoms with Crippen molar-refractivity contribution in [1.29, 1.82) is 5.41 Å². The zero-order chi connectivity index (χ0) is 20.7. The topological polar surface area (TPSA) is 71.1 Å². The molecular weight excluding hydrogens is 398 g/mol. The number of phenols is 1. The van der Waals surface area contributed by atoms with E-state index < -0.39 is 0 Å². The van der Waals surface area contributed by atoms with Crippen LogP contribution in [0, 0.1) is 5.41 Å². The molecule has 0 amide bonds. The summed E-state index contributed by atoms with van der Waals surface area (Å²) in [5.41, 5.74) is 3.96. The quantitative estimate of drug-likeness (QED) is 0.433. The Morgan fingerprint density at radius 3 is 2.57 bits per heavy atom. The molecule has 5 rings (SSSR count). The molecule has 0 radical (unpaired) electrons. The van der Waals surface area contributed by atoms with Crippen LogP contribution in [0.25, 0.3) is 0 Å². The second kappa shape index (κ2) is 7.35. The molecular formula is C24H18ClN3O2. The van der Waals surface area contributed by atoms with Crippen LogP contribution in [0.2, 0.25) is 5.02 Å². The van der Waals surface area contributed by atoms with E-state index in [9.17, 15) is 5.11 Å². The number of hydrogen-bond donors (Lipinski definition) is 2. The molecule has 0 saturated carbocycles. The summed E-state index contributed by atoms with van der Waals surface area (Å²) >= 11 is 6.11. The van der Waals surface area contributed by atoms with Crippen LogP contribution in [0.4, 0.5) is 0 Å². The van der Waals surface area contributed by atoms with Crippen LogP contribution < -0.4 is 10.2 Å². The lowest BCUT2D eigenvalue weighted by molar-refractivity contribution is 0.415. The van der Waals surface area contributed by atoms with E-state index in [1.54, 1.807) is 18.5 Å². The van der Waals surface area contributed by atoms with Crippen LogP contribution in [0.1, 0.15) is 28.2 Å². The third kappa shape index (κ3) is 3.23. The molecule has 1 aliphatic rings. The van der Waals surface area contributed by atoms with Crippen LogP contribution in [-0.2, 0) is 6.54 Å². The predicted molar refractivity (Wildman–Crippen MR) is 114 cm³/mol. The van der Waals surface area contributed by atoms with Gasteiger partial charge in [-0.15, -0.1) is 0 Å². The highest BCUT2D eigenvalue weighted by Gasteiger charge is 2.32. The molecule has 0 aliphatic carbocycles. The Bertz CT molecular complexity index is 1280. The lowest BCUT2D eigenvalue weighted by Gasteiger charge is -2.28. The van der Waals surface area contributed by atoms with Crippen molar-refractivity contribution >= 4 is 11.6 Å². The van der Waals surface area contributed by atoms with E-state index in [-0.39, 0.29) is 11.7 Å². The largest absolute Gasteiger partial charge is 0.508 e. The molecule has 30 heavy (non-hydrogen) atoms. The number of benzene rings is 3. The van der Waals surface area contributed by atoms with Crippen molar-refractivity contribution < 1.29 is 9.84 Å². The van der Waals surface area contributed by atoms with Crippen LogP contribution in [0.15, 0.2) is 79.1 Å². The number of nitrogens with zero attached hydrogens (tertiary/aromatic N) is 2. The molecule has 5 nitrogen and oxygen atoms in total. The van der Waals surface area contributed by atoms with Crippen molar-refractivity contribution in [1.82, 2.24) is 9.55 Å². The molecule has 0 fully saturated rings. The van der Waals surface area contributed by atoms with E-state index in [2.05, 4.69) is 4.98 Å². The molecule has 6 heteroatoms. The number of ether oxygens (including phenoxy) is 1. The second-order valence-corrected chi connectivity index (χ2v) is 7.67. The van der Waals surface area contributed by atoms with Crippen LogP contribution in [-0.4, -0.2) is 14.7 Å². The average Bonchev–Trinajstić information content (AvgIpc) is 2.76. The van der Waals surface area contributed by atoms with Crippen molar-refractivity contribution in [2.75, 3.05) is 0 Å². The van der Waals surface area contributed by atoms with Gasteiger partial charge in [0.05, 0.1) is 12.1 Å². The number of hydrogen-bond acceptors (Lipinski definition) is 4. The van der Waals surface area contributed by atoms with Gasteiger partial charge >= 0.3 is 0 Å². The molecule has 148 valence electrons. The van der Waals surface area contributed by atoms with Gasteiger partial charge in [-0.1, -0.05) is 60.1 Å². The van der Waals surface area contributed by atoms with Gasteiger partial charge in [0.15, 0.2) is 0 Å². The van der Waals surface area contributed by atoms with E-state index >= 15 is 0 Å². The maximum atomic E-state index is 9.93. The maximum absolute atomic E-state index is 9.93. The first-order chi connectivity index (χ1) is 14.6. The molecule has 1 atom stereocenters. The lowest BCUT2D eigenvalue weighted by Crippen LogP contribution is -2.30. The molecule has 0 spiro atoms. The van der Waals surface area contributed by atoms with Gasteiger partial charge in [0.2, 0.25) is 5.88 Å². The zero-order valence-corrected chi connectivity index (χ0v) is 16.7. The van der Waals surface area contributed by atoms with E-state index in [0.717, 1.165) is 16.7 Å². The van der Waals surface area contributed by atoms with Crippen LogP contribution >= 0.6 is 11.6 Å². The number of aromatic nitrogens is 2. The first kappa shape index (κ1) is 18.5. The van der Waals surface area contributed by atoms with Crippen molar-refractivity contribution in [2.45, 2.75) is 12.5 Å². The van der Waals surface area contributed by atoms with Crippen molar-refractivity contribution in [3.05, 3.63) is 112 Å². The van der Waals surface area contributed by atoms with E-state index in [1.807, 2.05) is 65.2 Å². The first-order valence-corrected chi connectivity index (χ1v) is 9.92. The number of rotatable bonds is 3. The van der Waals surface area contributed by atoms with Crippen molar-refractivity contribution in [3.8, 4) is 17.4 Å². The van der Waals surface area contributed by atoms with Crippen LogP contribution in [0.5, 0.6) is 17.4 Å². The van der Waals surface area contributed by atoms with Gasteiger partial charge in [-0.25, -0.2) is 4.98 Å². The fourth-order valence-electron chi connectivity index (χ4n) is 3.86. The number of nitrogens with one attached hydrogen (secondary N) is 1. The monoisotopic (exact) mass is 415 g/mol. The van der Waals surface area contributed by atoms with Gasteiger partial charge in [-0.2, -0.15) is 0 Å². The Morgan fingerprint density at radius 1 is 1.03 bits per heavy atom. The minimum Gasteiger partial charge on any atom is -0.508 e.